The van der Waals surface area contributed by atoms with Crippen molar-refractivity contribution in [1.29, 1.82) is 0 Å². The molecule has 5 nitrogen and oxygen atoms in total. The van der Waals surface area contributed by atoms with Gasteiger partial charge in [-0.1, -0.05) is 54.1 Å². The molecule has 0 aliphatic carbocycles. The first-order valence-electron chi connectivity index (χ1n) is 8.76. The number of halogens is 1. The average molecular weight is 372 g/mol. The van der Waals surface area contributed by atoms with Gasteiger partial charge in [0.15, 0.2) is 0 Å². The smallest absolute Gasteiger partial charge is 0.246 e. The number of nitrogens with one attached hydrogen (secondary N) is 2. The van der Waals surface area contributed by atoms with E-state index in [1.807, 2.05) is 47.4 Å². The normalized spacial score (nSPS) is 14.9. The van der Waals surface area contributed by atoms with E-state index in [-0.39, 0.29) is 18.2 Å². The molecular weight excluding hydrogens is 350 g/mol. The van der Waals surface area contributed by atoms with Gasteiger partial charge in [-0.05, 0) is 36.1 Å². The molecule has 0 radical (unpaired) electrons. The van der Waals surface area contributed by atoms with Gasteiger partial charge in [0.2, 0.25) is 11.8 Å². The van der Waals surface area contributed by atoms with Crippen molar-refractivity contribution in [2.24, 2.45) is 0 Å². The van der Waals surface area contributed by atoms with Crippen LogP contribution < -0.4 is 10.9 Å². The number of hydrogen-bond acceptors (Lipinski definition) is 3. The van der Waals surface area contributed by atoms with Crippen LogP contribution in [0.25, 0.3) is 0 Å². The zero-order chi connectivity index (χ0) is 18.4. The minimum absolute atomic E-state index is 0.0134. The highest BCUT2D eigenvalue weighted by Gasteiger charge is 2.27. The van der Waals surface area contributed by atoms with Crippen molar-refractivity contribution in [2.45, 2.75) is 25.3 Å². The summed E-state index contributed by atoms with van der Waals surface area (Å²) in [6, 6.07) is 16.0. The lowest BCUT2D eigenvalue weighted by atomic mass is 10.1. The summed E-state index contributed by atoms with van der Waals surface area (Å²) in [5.41, 5.74) is 7.29. The van der Waals surface area contributed by atoms with E-state index in [9.17, 15) is 9.59 Å². The number of hydrazine groups is 1. The van der Waals surface area contributed by atoms with Crippen LogP contribution in [-0.4, -0.2) is 29.8 Å². The molecule has 2 aromatic rings. The molecule has 1 fully saturated rings. The van der Waals surface area contributed by atoms with Crippen molar-refractivity contribution in [2.75, 3.05) is 13.1 Å². The Morgan fingerprint density at radius 1 is 1.00 bits per heavy atom. The lowest BCUT2D eigenvalue weighted by Gasteiger charge is -2.24. The van der Waals surface area contributed by atoms with Gasteiger partial charge in [-0.15, -0.1) is 0 Å². The molecule has 1 aliphatic rings. The minimum atomic E-state index is -0.594. The number of hydrogen-bond donors (Lipinski definition) is 2. The van der Waals surface area contributed by atoms with Gasteiger partial charge >= 0.3 is 0 Å². The summed E-state index contributed by atoms with van der Waals surface area (Å²) >= 11 is 5.86. The minimum Gasteiger partial charge on any atom is -0.341 e. The Hall–Kier alpha value is -2.37. The highest BCUT2D eigenvalue weighted by molar-refractivity contribution is 6.30. The predicted molar refractivity (Wildman–Crippen MR) is 101 cm³/mol. The van der Waals surface area contributed by atoms with Crippen molar-refractivity contribution in [1.82, 2.24) is 15.8 Å². The third kappa shape index (κ3) is 4.84. The predicted octanol–water partition coefficient (Wildman–Crippen LogP) is 2.87. The Morgan fingerprint density at radius 3 is 2.31 bits per heavy atom. The van der Waals surface area contributed by atoms with Crippen LogP contribution in [0.15, 0.2) is 54.6 Å². The molecule has 1 aliphatic heterocycles. The SMILES string of the molecule is O=C(Cc1ccc(Cl)cc1)NNC(C(=O)N1CCCC1)c1ccccc1. The van der Waals surface area contributed by atoms with Gasteiger partial charge in [-0.2, -0.15) is 0 Å². The van der Waals surface area contributed by atoms with Gasteiger partial charge in [0, 0.05) is 18.1 Å². The third-order valence-electron chi connectivity index (χ3n) is 4.43. The van der Waals surface area contributed by atoms with Gasteiger partial charge < -0.3 is 4.90 Å². The number of benzene rings is 2. The zero-order valence-corrected chi connectivity index (χ0v) is 15.2. The van der Waals surface area contributed by atoms with Crippen LogP contribution in [0.1, 0.15) is 30.0 Å². The van der Waals surface area contributed by atoms with E-state index < -0.39 is 6.04 Å². The summed E-state index contributed by atoms with van der Waals surface area (Å²) in [6.07, 6.45) is 2.26. The maximum atomic E-state index is 12.9. The highest BCUT2D eigenvalue weighted by atomic mass is 35.5. The molecule has 0 saturated carbocycles. The second kappa shape index (κ2) is 8.83. The molecule has 136 valence electrons. The molecule has 0 aromatic heterocycles. The number of carbonyl (C=O) groups is 2. The van der Waals surface area contributed by atoms with Crippen molar-refractivity contribution in [3.63, 3.8) is 0 Å². The first-order valence-corrected chi connectivity index (χ1v) is 9.14. The van der Waals surface area contributed by atoms with Gasteiger partial charge in [-0.25, -0.2) is 5.43 Å². The zero-order valence-electron chi connectivity index (χ0n) is 14.5. The van der Waals surface area contributed by atoms with Crippen LogP contribution >= 0.6 is 11.6 Å². The molecule has 2 amide bonds. The number of likely N-dealkylation sites (tertiary alicyclic amines) is 1. The van der Waals surface area contributed by atoms with Crippen LogP contribution in [0.2, 0.25) is 5.02 Å². The van der Waals surface area contributed by atoms with Crippen LogP contribution in [0, 0.1) is 0 Å². The Kier molecular flexibility index (Phi) is 6.26. The fourth-order valence-corrected chi connectivity index (χ4v) is 3.16. The van der Waals surface area contributed by atoms with Gasteiger partial charge in [-0.3, -0.25) is 15.0 Å². The molecule has 1 heterocycles. The van der Waals surface area contributed by atoms with Gasteiger partial charge in [0.05, 0.1) is 6.42 Å². The summed E-state index contributed by atoms with van der Waals surface area (Å²) in [5.74, 6) is -0.219. The molecular formula is C20H22ClN3O2. The van der Waals surface area contributed by atoms with E-state index in [1.54, 1.807) is 12.1 Å². The van der Waals surface area contributed by atoms with Crippen LogP contribution in [-0.2, 0) is 16.0 Å². The fraction of sp³-hybridized carbons (Fsp3) is 0.300. The van der Waals surface area contributed by atoms with Gasteiger partial charge in [0.1, 0.15) is 6.04 Å². The van der Waals surface area contributed by atoms with E-state index in [0.717, 1.165) is 37.1 Å². The van der Waals surface area contributed by atoms with E-state index in [4.69, 9.17) is 11.6 Å². The lowest BCUT2D eigenvalue weighted by Crippen LogP contribution is -2.47. The lowest BCUT2D eigenvalue weighted by molar-refractivity contribution is -0.133. The van der Waals surface area contributed by atoms with E-state index >= 15 is 0 Å². The number of rotatable bonds is 6. The third-order valence-corrected chi connectivity index (χ3v) is 4.68. The topological polar surface area (TPSA) is 61.4 Å². The average Bonchev–Trinajstić information content (AvgIpc) is 3.19. The molecule has 2 N–H and O–H groups in total. The molecule has 1 unspecified atom stereocenters. The van der Waals surface area contributed by atoms with Crippen molar-refractivity contribution in [3.8, 4) is 0 Å². The molecule has 1 saturated heterocycles. The summed E-state index contributed by atoms with van der Waals surface area (Å²) in [7, 11) is 0. The molecule has 6 heteroatoms. The van der Waals surface area contributed by atoms with Crippen LogP contribution in [0.5, 0.6) is 0 Å². The van der Waals surface area contributed by atoms with Gasteiger partial charge in [0.25, 0.3) is 0 Å². The monoisotopic (exact) mass is 371 g/mol. The molecule has 0 spiro atoms. The molecule has 1 atom stereocenters. The summed E-state index contributed by atoms with van der Waals surface area (Å²) < 4.78 is 0. The van der Waals surface area contributed by atoms with E-state index in [2.05, 4.69) is 10.9 Å². The second-order valence-corrected chi connectivity index (χ2v) is 6.81. The summed E-state index contributed by atoms with van der Waals surface area (Å²) in [6.45, 7) is 1.53. The fourth-order valence-electron chi connectivity index (χ4n) is 3.04. The second-order valence-electron chi connectivity index (χ2n) is 6.37. The Labute approximate surface area is 158 Å². The van der Waals surface area contributed by atoms with E-state index in [1.165, 1.54) is 0 Å². The molecule has 26 heavy (non-hydrogen) atoms. The van der Waals surface area contributed by atoms with Crippen LogP contribution in [0.3, 0.4) is 0 Å². The quantitative estimate of drug-likeness (QED) is 0.767. The number of carbonyl (C=O) groups excluding carboxylic acids is 2. The Balaban J connectivity index is 1.64. The first-order chi connectivity index (χ1) is 12.6. The summed E-state index contributed by atoms with van der Waals surface area (Å²) in [5, 5.41) is 0.632. The maximum Gasteiger partial charge on any atom is 0.246 e. The van der Waals surface area contributed by atoms with Crippen molar-refractivity contribution < 1.29 is 9.59 Å². The van der Waals surface area contributed by atoms with Crippen molar-refractivity contribution in [3.05, 3.63) is 70.7 Å². The summed E-state index contributed by atoms with van der Waals surface area (Å²) in [4.78, 5) is 26.9. The number of amides is 2. The maximum absolute atomic E-state index is 12.9. The van der Waals surface area contributed by atoms with Crippen LogP contribution in [0.4, 0.5) is 0 Å². The Bertz CT molecular complexity index is 743. The number of nitrogens with zero attached hydrogens (tertiary/aromatic N) is 1. The Morgan fingerprint density at radius 2 is 1.65 bits per heavy atom. The standard InChI is InChI=1S/C20H22ClN3O2/c21-17-10-8-15(9-11-17)14-18(25)22-23-19(16-6-2-1-3-7-16)20(26)24-12-4-5-13-24/h1-3,6-11,19,23H,4-5,12-14H2,(H,22,25). The largest absolute Gasteiger partial charge is 0.341 e. The van der Waals surface area contributed by atoms with E-state index in [0.29, 0.717) is 5.02 Å². The van der Waals surface area contributed by atoms with Crippen molar-refractivity contribution >= 4 is 23.4 Å². The first kappa shape index (κ1) is 18.4. The molecule has 0 bridgehead atoms. The highest BCUT2D eigenvalue weighted by Crippen LogP contribution is 2.18. The molecule has 3 rings (SSSR count). The molecule has 2 aromatic carbocycles.